The van der Waals surface area contributed by atoms with E-state index in [4.69, 9.17) is 4.74 Å². The first-order chi connectivity index (χ1) is 16.1. The summed E-state index contributed by atoms with van der Waals surface area (Å²) in [5, 5.41) is 4.02. The molecule has 0 aliphatic rings. The number of para-hydroxylation sites is 1. The molecule has 0 bridgehead atoms. The largest absolute Gasteiger partial charge is 0.449 e. The zero-order valence-electron chi connectivity index (χ0n) is 18.2. The quantitative estimate of drug-likeness (QED) is 0.324. The molecule has 1 amide bonds. The number of rotatable bonds is 7. The number of pyridine rings is 1. The Morgan fingerprint density at radius 2 is 1.42 bits per heavy atom. The number of nitrogens with zero attached hydrogens (tertiary/aromatic N) is 1. The van der Waals surface area contributed by atoms with Crippen molar-refractivity contribution in [3.63, 3.8) is 0 Å². The molecule has 1 N–H and O–H groups in total. The van der Waals surface area contributed by atoms with Gasteiger partial charge < -0.3 is 10.1 Å². The summed E-state index contributed by atoms with van der Waals surface area (Å²) in [4.78, 5) is 29.6. The van der Waals surface area contributed by atoms with Crippen LogP contribution in [0.3, 0.4) is 0 Å². The molecule has 5 nitrogen and oxygen atoms in total. The molecule has 33 heavy (non-hydrogen) atoms. The average molecular weight is 437 g/mol. The minimum atomic E-state index is -0.957. The normalized spacial score (nSPS) is 12.1. The summed E-state index contributed by atoms with van der Waals surface area (Å²) >= 11 is 0. The van der Waals surface area contributed by atoms with Crippen LogP contribution in [0.1, 0.15) is 29.8 Å². The average Bonchev–Trinajstić information content (AvgIpc) is 2.86. The van der Waals surface area contributed by atoms with Gasteiger partial charge in [0, 0.05) is 11.5 Å². The van der Waals surface area contributed by atoms with Gasteiger partial charge in [0.25, 0.3) is 5.91 Å². The lowest BCUT2D eigenvalue weighted by Gasteiger charge is -2.22. The third-order valence-corrected chi connectivity index (χ3v) is 5.22. The summed E-state index contributed by atoms with van der Waals surface area (Å²) in [6, 6.07) is 30.5. The maximum Gasteiger partial charge on any atom is 0.331 e. The van der Waals surface area contributed by atoms with Gasteiger partial charge >= 0.3 is 5.97 Å². The molecule has 0 saturated carbocycles. The molecule has 0 spiro atoms. The molecule has 4 aromatic rings. The van der Waals surface area contributed by atoms with Crippen LogP contribution in [-0.4, -0.2) is 23.0 Å². The van der Waals surface area contributed by atoms with Crippen LogP contribution in [0.5, 0.6) is 0 Å². The van der Waals surface area contributed by atoms with Gasteiger partial charge in [0.1, 0.15) is 0 Å². The molecular weight excluding hydrogens is 412 g/mol. The second kappa shape index (κ2) is 10.4. The van der Waals surface area contributed by atoms with E-state index in [1.807, 2.05) is 97.1 Å². The van der Waals surface area contributed by atoms with Gasteiger partial charge in [-0.1, -0.05) is 84.9 Å². The number of fused-ring (bicyclic) bond motifs is 1. The van der Waals surface area contributed by atoms with Crippen LogP contribution in [0.25, 0.3) is 17.0 Å². The van der Waals surface area contributed by atoms with Gasteiger partial charge in [0.15, 0.2) is 6.10 Å². The van der Waals surface area contributed by atoms with E-state index < -0.39 is 12.1 Å². The molecule has 0 radical (unpaired) electrons. The molecule has 4 rings (SSSR count). The Morgan fingerprint density at radius 3 is 2.09 bits per heavy atom. The first-order valence-electron chi connectivity index (χ1n) is 10.7. The highest BCUT2D eigenvalue weighted by atomic mass is 16.5. The van der Waals surface area contributed by atoms with Gasteiger partial charge in [-0.2, -0.15) is 0 Å². The van der Waals surface area contributed by atoms with Gasteiger partial charge in [0.2, 0.25) is 0 Å². The summed E-state index contributed by atoms with van der Waals surface area (Å²) in [6.07, 6.45) is 1.91. The summed E-state index contributed by atoms with van der Waals surface area (Å²) in [5.74, 6) is -0.984. The van der Waals surface area contributed by atoms with Crippen molar-refractivity contribution in [2.24, 2.45) is 0 Å². The Labute approximate surface area is 192 Å². The first kappa shape index (κ1) is 22.0. The van der Waals surface area contributed by atoms with E-state index in [0.717, 1.165) is 22.0 Å². The number of carbonyl (C=O) groups is 2. The van der Waals surface area contributed by atoms with Gasteiger partial charge in [-0.25, -0.2) is 9.78 Å². The first-order valence-corrected chi connectivity index (χ1v) is 10.7. The van der Waals surface area contributed by atoms with Crippen LogP contribution in [-0.2, 0) is 14.3 Å². The number of hydrogen-bond donors (Lipinski definition) is 1. The molecule has 1 aromatic heterocycles. The number of amides is 1. The second-order valence-corrected chi connectivity index (χ2v) is 7.60. The fourth-order valence-corrected chi connectivity index (χ4v) is 3.50. The molecule has 3 aromatic carbocycles. The molecule has 5 heteroatoms. The van der Waals surface area contributed by atoms with E-state index in [0.29, 0.717) is 5.69 Å². The van der Waals surface area contributed by atoms with Crippen molar-refractivity contribution in [1.29, 1.82) is 0 Å². The van der Waals surface area contributed by atoms with Crippen LogP contribution in [0.15, 0.2) is 103 Å². The number of nitrogens with one attached hydrogen (secondary N) is 1. The highest BCUT2D eigenvalue weighted by molar-refractivity contribution is 5.90. The number of aromatic nitrogens is 1. The Hall–Kier alpha value is -4.25. The van der Waals surface area contributed by atoms with Gasteiger partial charge in [-0.3, -0.25) is 4.79 Å². The van der Waals surface area contributed by atoms with Crippen molar-refractivity contribution in [3.8, 4) is 0 Å². The van der Waals surface area contributed by atoms with E-state index >= 15 is 0 Å². The third-order valence-electron chi connectivity index (χ3n) is 5.22. The SMILES string of the molecule is CC(OC(=O)/C=C/c1ccc2ccccc2n1)C(=O)NC(c1ccccc1)c1ccccc1. The number of hydrogen-bond acceptors (Lipinski definition) is 4. The van der Waals surface area contributed by atoms with E-state index in [2.05, 4.69) is 10.3 Å². The lowest BCUT2D eigenvalue weighted by atomic mass is 9.98. The number of carbonyl (C=O) groups excluding carboxylic acids is 2. The van der Waals surface area contributed by atoms with E-state index in [1.54, 1.807) is 13.0 Å². The van der Waals surface area contributed by atoms with Gasteiger partial charge in [-0.15, -0.1) is 0 Å². The van der Waals surface area contributed by atoms with Crippen LogP contribution < -0.4 is 5.32 Å². The molecule has 1 atom stereocenters. The number of benzene rings is 3. The Morgan fingerprint density at radius 1 is 0.818 bits per heavy atom. The van der Waals surface area contributed by atoms with E-state index in [-0.39, 0.29) is 11.9 Å². The maximum atomic E-state index is 12.8. The summed E-state index contributed by atoms with van der Waals surface area (Å²) < 4.78 is 5.33. The van der Waals surface area contributed by atoms with Crippen LogP contribution in [0.2, 0.25) is 0 Å². The van der Waals surface area contributed by atoms with Gasteiger partial charge in [-0.05, 0) is 36.3 Å². The highest BCUT2D eigenvalue weighted by Crippen LogP contribution is 2.22. The minimum absolute atomic E-state index is 0.349. The fraction of sp³-hybridized carbons (Fsp3) is 0.107. The van der Waals surface area contributed by atoms with Crippen LogP contribution in [0.4, 0.5) is 0 Å². The van der Waals surface area contributed by atoms with E-state index in [1.165, 1.54) is 6.08 Å². The number of esters is 1. The fourth-order valence-electron chi connectivity index (χ4n) is 3.50. The molecule has 1 heterocycles. The Kier molecular flexibility index (Phi) is 6.90. The number of ether oxygens (including phenoxy) is 1. The van der Waals surface area contributed by atoms with Crippen molar-refractivity contribution in [3.05, 3.63) is 120 Å². The second-order valence-electron chi connectivity index (χ2n) is 7.60. The molecule has 0 aliphatic heterocycles. The standard InChI is InChI=1S/C28H24N2O3/c1-20(33-26(31)19-18-24-17-16-21-10-8-9-15-25(21)29-24)28(32)30-27(22-11-4-2-5-12-22)23-13-6-3-7-14-23/h2-20,27H,1H3,(H,30,32)/b19-18+. The van der Waals surface area contributed by atoms with Crippen molar-refractivity contribution >= 4 is 28.9 Å². The summed E-state index contributed by atoms with van der Waals surface area (Å²) in [6.45, 7) is 1.56. The minimum Gasteiger partial charge on any atom is -0.449 e. The lowest BCUT2D eigenvalue weighted by Crippen LogP contribution is -2.38. The lowest BCUT2D eigenvalue weighted by molar-refractivity contribution is -0.150. The molecule has 0 fully saturated rings. The zero-order chi connectivity index (χ0) is 23.0. The van der Waals surface area contributed by atoms with Crippen LogP contribution in [0, 0.1) is 0 Å². The molecule has 0 aliphatic carbocycles. The predicted octanol–water partition coefficient (Wildman–Crippen LogP) is 5.09. The van der Waals surface area contributed by atoms with Crippen molar-refractivity contribution in [2.75, 3.05) is 0 Å². The molecule has 1 unspecified atom stereocenters. The molecule has 164 valence electrons. The summed E-state index contributed by atoms with van der Waals surface area (Å²) in [5.41, 5.74) is 3.36. The Balaban J connectivity index is 1.41. The van der Waals surface area contributed by atoms with Crippen LogP contribution >= 0.6 is 0 Å². The smallest absolute Gasteiger partial charge is 0.331 e. The third kappa shape index (κ3) is 5.71. The predicted molar refractivity (Wildman–Crippen MR) is 129 cm³/mol. The zero-order valence-corrected chi connectivity index (χ0v) is 18.2. The van der Waals surface area contributed by atoms with Crippen molar-refractivity contribution < 1.29 is 14.3 Å². The Bertz CT molecular complexity index is 1230. The highest BCUT2D eigenvalue weighted by Gasteiger charge is 2.22. The van der Waals surface area contributed by atoms with Crippen molar-refractivity contribution in [1.82, 2.24) is 10.3 Å². The maximum absolute atomic E-state index is 12.8. The van der Waals surface area contributed by atoms with E-state index in [9.17, 15) is 9.59 Å². The topological polar surface area (TPSA) is 68.3 Å². The molecular formula is C28H24N2O3. The van der Waals surface area contributed by atoms with Gasteiger partial charge in [0.05, 0.1) is 17.3 Å². The molecule has 0 saturated heterocycles. The monoisotopic (exact) mass is 436 g/mol. The van der Waals surface area contributed by atoms with Crippen molar-refractivity contribution in [2.45, 2.75) is 19.1 Å². The summed E-state index contributed by atoms with van der Waals surface area (Å²) in [7, 11) is 0.